The van der Waals surface area contributed by atoms with Crippen molar-refractivity contribution in [2.45, 2.75) is 20.8 Å². The smallest absolute Gasteiger partial charge is 0.163 e. The second-order valence-electron chi connectivity index (χ2n) is 3.14. The van der Waals surface area contributed by atoms with Gasteiger partial charge in [0.1, 0.15) is 5.75 Å². The van der Waals surface area contributed by atoms with E-state index in [1.165, 1.54) is 0 Å². The zero-order valence-electron chi connectivity index (χ0n) is 8.47. The third-order valence-corrected chi connectivity index (χ3v) is 2.26. The molecule has 2 nitrogen and oxygen atoms in total. The molecule has 0 saturated carbocycles. The third kappa shape index (κ3) is 1.72. The molecule has 0 aliphatic heterocycles. The van der Waals surface area contributed by atoms with Crippen LogP contribution in [0.15, 0.2) is 12.1 Å². The zero-order valence-corrected chi connectivity index (χ0v) is 8.47. The largest absolute Gasteiger partial charge is 0.496 e. The minimum absolute atomic E-state index is 0.0416. The SMILES string of the molecule is COc1c(C(C)=O)ccc(C)c1C. The van der Waals surface area contributed by atoms with E-state index in [1.54, 1.807) is 14.0 Å². The molecule has 1 aromatic carbocycles. The Bertz CT molecular complexity index is 340. The normalized spacial score (nSPS) is 9.85. The fourth-order valence-corrected chi connectivity index (χ4v) is 1.33. The van der Waals surface area contributed by atoms with Crippen LogP contribution in [0, 0.1) is 13.8 Å². The summed E-state index contributed by atoms with van der Waals surface area (Å²) in [5, 5.41) is 0. The van der Waals surface area contributed by atoms with Gasteiger partial charge in [0.15, 0.2) is 5.78 Å². The van der Waals surface area contributed by atoms with Gasteiger partial charge in [-0.05, 0) is 38.0 Å². The molecular weight excluding hydrogens is 164 g/mol. The summed E-state index contributed by atoms with van der Waals surface area (Å²) >= 11 is 0. The molecule has 0 bridgehead atoms. The number of hydrogen-bond acceptors (Lipinski definition) is 2. The van der Waals surface area contributed by atoms with Crippen LogP contribution < -0.4 is 4.74 Å². The Hall–Kier alpha value is -1.31. The van der Waals surface area contributed by atoms with Crippen LogP contribution in [0.5, 0.6) is 5.75 Å². The number of aryl methyl sites for hydroxylation is 1. The summed E-state index contributed by atoms with van der Waals surface area (Å²) in [6, 6.07) is 3.75. The average molecular weight is 178 g/mol. The van der Waals surface area contributed by atoms with Crippen molar-refractivity contribution >= 4 is 5.78 Å². The van der Waals surface area contributed by atoms with E-state index in [2.05, 4.69) is 0 Å². The van der Waals surface area contributed by atoms with Crippen LogP contribution in [0.2, 0.25) is 0 Å². The van der Waals surface area contributed by atoms with Gasteiger partial charge < -0.3 is 4.74 Å². The first-order valence-electron chi connectivity index (χ1n) is 4.23. The molecule has 0 aromatic heterocycles. The lowest BCUT2D eigenvalue weighted by Gasteiger charge is -2.10. The van der Waals surface area contributed by atoms with Crippen LogP contribution in [0.25, 0.3) is 0 Å². The molecule has 0 radical (unpaired) electrons. The Morgan fingerprint density at radius 3 is 2.38 bits per heavy atom. The summed E-state index contributed by atoms with van der Waals surface area (Å²) < 4.78 is 5.20. The van der Waals surface area contributed by atoms with Gasteiger partial charge in [-0.2, -0.15) is 0 Å². The molecule has 0 N–H and O–H groups in total. The van der Waals surface area contributed by atoms with Gasteiger partial charge in [-0.15, -0.1) is 0 Å². The molecule has 13 heavy (non-hydrogen) atoms. The zero-order chi connectivity index (χ0) is 10.0. The van der Waals surface area contributed by atoms with Crippen molar-refractivity contribution < 1.29 is 9.53 Å². The Balaban J connectivity index is 3.38. The van der Waals surface area contributed by atoms with E-state index in [1.807, 2.05) is 26.0 Å². The van der Waals surface area contributed by atoms with Crippen LogP contribution in [-0.2, 0) is 0 Å². The highest BCUT2D eigenvalue weighted by Crippen LogP contribution is 2.26. The fourth-order valence-electron chi connectivity index (χ4n) is 1.33. The van der Waals surface area contributed by atoms with Crippen molar-refractivity contribution in [1.29, 1.82) is 0 Å². The molecular formula is C11H14O2. The molecule has 2 heteroatoms. The van der Waals surface area contributed by atoms with E-state index < -0.39 is 0 Å². The van der Waals surface area contributed by atoms with Crippen molar-refractivity contribution in [3.63, 3.8) is 0 Å². The lowest BCUT2D eigenvalue weighted by molar-refractivity contribution is 0.101. The Kier molecular flexibility index (Phi) is 2.71. The number of ether oxygens (including phenoxy) is 1. The molecule has 0 fully saturated rings. The fraction of sp³-hybridized carbons (Fsp3) is 0.364. The third-order valence-electron chi connectivity index (χ3n) is 2.26. The maximum atomic E-state index is 11.2. The van der Waals surface area contributed by atoms with Gasteiger partial charge in [-0.1, -0.05) is 6.07 Å². The van der Waals surface area contributed by atoms with Gasteiger partial charge in [0.05, 0.1) is 12.7 Å². The minimum atomic E-state index is 0.0416. The summed E-state index contributed by atoms with van der Waals surface area (Å²) in [5.41, 5.74) is 2.84. The average Bonchev–Trinajstić information content (AvgIpc) is 2.09. The van der Waals surface area contributed by atoms with Crippen LogP contribution in [0.3, 0.4) is 0 Å². The molecule has 1 rings (SSSR count). The van der Waals surface area contributed by atoms with E-state index in [0.29, 0.717) is 11.3 Å². The predicted octanol–water partition coefficient (Wildman–Crippen LogP) is 2.51. The van der Waals surface area contributed by atoms with Crippen molar-refractivity contribution in [3.8, 4) is 5.75 Å². The van der Waals surface area contributed by atoms with Gasteiger partial charge in [-0.25, -0.2) is 0 Å². The molecule has 0 amide bonds. The number of ketones is 1. The monoisotopic (exact) mass is 178 g/mol. The molecule has 0 unspecified atom stereocenters. The molecule has 0 spiro atoms. The number of Topliss-reactive ketones (excluding diaryl/α,β-unsaturated/α-hetero) is 1. The summed E-state index contributed by atoms with van der Waals surface area (Å²) in [6.07, 6.45) is 0. The highest BCUT2D eigenvalue weighted by atomic mass is 16.5. The topological polar surface area (TPSA) is 26.3 Å². The second kappa shape index (κ2) is 3.60. The van der Waals surface area contributed by atoms with E-state index in [0.717, 1.165) is 11.1 Å². The minimum Gasteiger partial charge on any atom is -0.496 e. The van der Waals surface area contributed by atoms with Crippen molar-refractivity contribution in [2.24, 2.45) is 0 Å². The van der Waals surface area contributed by atoms with Crippen molar-refractivity contribution in [1.82, 2.24) is 0 Å². The van der Waals surface area contributed by atoms with Crippen LogP contribution >= 0.6 is 0 Å². The number of rotatable bonds is 2. The number of carbonyl (C=O) groups excluding carboxylic acids is 1. The maximum absolute atomic E-state index is 11.2. The summed E-state index contributed by atoms with van der Waals surface area (Å²) in [5.74, 6) is 0.743. The van der Waals surface area contributed by atoms with Gasteiger partial charge in [0.2, 0.25) is 0 Å². The Morgan fingerprint density at radius 2 is 1.92 bits per heavy atom. The standard InChI is InChI=1S/C11H14O2/c1-7-5-6-10(9(3)12)11(13-4)8(7)2/h5-6H,1-4H3. The van der Waals surface area contributed by atoms with E-state index in [-0.39, 0.29) is 5.78 Å². The van der Waals surface area contributed by atoms with Crippen LogP contribution in [-0.4, -0.2) is 12.9 Å². The van der Waals surface area contributed by atoms with E-state index >= 15 is 0 Å². The number of carbonyl (C=O) groups is 1. The Morgan fingerprint density at radius 1 is 1.31 bits per heavy atom. The summed E-state index contributed by atoms with van der Waals surface area (Å²) in [4.78, 5) is 11.2. The molecule has 70 valence electrons. The lowest BCUT2D eigenvalue weighted by Crippen LogP contribution is -2.00. The molecule has 0 saturated heterocycles. The first-order valence-corrected chi connectivity index (χ1v) is 4.23. The number of methoxy groups -OCH3 is 1. The predicted molar refractivity (Wildman–Crippen MR) is 52.5 cm³/mol. The summed E-state index contributed by atoms with van der Waals surface area (Å²) in [7, 11) is 1.59. The second-order valence-corrected chi connectivity index (χ2v) is 3.14. The number of benzene rings is 1. The maximum Gasteiger partial charge on any atom is 0.163 e. The van der Waals surface area contributed by atoms with Crippen molar-refractivity contribution in [2.75, 3.05) is 7.11 Å². The molecule has 0 atom stereocenters. The Labute approximate surface area is 78.5 Å². The van der Waals surface area contributed by atoms with Crippen LogP contribution in [0.1, 0.15) is 28.4 Å². The van der Waals surface area contributed by atoms with Crippen LogP contribution in [0.4, 0.5) is 0 Å². The molecule has 1 aromatic rings. The first kappa shape index (κ1) is 9.78. The highest BCUT2D eigenvalue weighted by Gasteiger charge is 2.11. The van der Waals surface area contributed by atoms with Gasteiger partial charge in [-0.3, -0.25) is 4.79 Å². The van der Waals surface area contributed by atoms with Gasteiger partial charge in [0, 0.05) is 0 Å². The van der Waals surface area contributed by atoms with E-state index in [4.69, 9.17) is 4.74 Å². The molecule has 0 aliphatic rings. The van der Waals surface area contributed by atoms with Gasteiger partial charge >= 0.3 is 0 Å². The first-order chi connectivity index (χ1) is 6.07. The highest BCUT2D eigenvalue weighted by molar-refractivity contribution is 5.97. The summed E-state index contributed by atoms with van der Waals surface area (Å²) in [6.45, 7) is 5.51. The van der Waals surface area contributed by atoms with Gasteiger partial charge in [0.25, 0.3) is 0 Å². The van der Waals surface area contributed by atoms with E-state index in [9.17, 15) is 4.79 Å². The quantitative estimate of drug-likeness (QED) is 0.650. The van der Waals surface area contributed by atoms with Crippen molar-refractivity contribution in [3.05, 3.63) is 28.8 Å². The molecule has 0 aliphatic carbocycles. The lowest BCUT2D eigenvalue weighted by atomic mass is 10.0. The number of hydrogen-bond donors (Lipinski definition) is 0. The molecule has 0 heterocycles.